The van der Waals surface area contributed by atoms with Crippen molar-refractivity contribution in [3.05, 3.63) is 156 Å². The van der Waals surface area contributed by atoms with Gasteiger partial charge in [-0.05, 0) is 106 Å². The van der Waals surface area contributed by atoms with E-state index in [1.807, 2.05) is 0 Å². The summed E-state index contributed by atoms with van der Waals surface area (Å²) in [5, 5.41) is 10.7. The maximum Gasteiger partial charge on any atom is 0.0159 e. The molecule has 0 nitrogen and oxygen atoms in total. The number of rotatable bonds is 3. The Morgan fingerprint density at radius 2 is 1.05 bits per heavy atom. The van der Waals surface area contributed by atoms with Crippen LogP contribution in [0.25, 0.3) is 65.3 Å². The second kappa shape index (κ2) is 8.54. The zero-order chi connectivity index (χ0) is 28.0. The van der Waals surface area contributed by atoms with E-state index in [9.17, 15) is 0 Å². The normalized spacial score (nSPS) is 13.8. The van der Waals surface area contributed by atoms with Crippen molar-refractivity contribution in [2.45, 2.75) is 25.7 Å². The minimum atomic E-state index is -0.0593. The Hall–Kier alpha value is -4.94. The Morgan fingerprint density at radius 1 is 0.452 bits per heavy atom. The smallest absolute Gasteiger partial charge is 0.0159 e. The van der Waals surface area contributed by atoms with Gasteiger partial charge in [0.05, 0.1) is 0 Å². The fourth-order valence-electron chi connectivity index (χ4n) is 7.61. The Balaban J connectivity index is 1.11. The molecule has 42 heavy (non-hydrogen) atoms. The van der Waals surface area contributed by atoms with Gasteiger partial charge >= 0.3 is 0 Å². The van der Waals surface area contributed by atoms with Gasteiger partial charge in [0.1, 0.15) is 0 Å². The highest BCUT2D eigenvalue weighted by molar-refractivity contribution is 6.23. The van der Waals surface area contributed by atoms with Gasteiger partial charge in [0.2, 0.25) is 0 Å². The average molecular weight is 535 g/mol. The fraction of sp³-hybridized carbons (Fsp3) is 0.0952. The van der Waals surface area contributed by atoms with E-state index in [2.05, 4.69) is 147 Å². The average Bonchev–Trinajstić information content (AvgIpc) is 3.25. The lowest BCUT2D eigenvalue weighted by molar-refractivity contribution is 0.659. The Morgan fingerprint density at radius 3 is 1.88 bits per heavy atom. The van der Waals surface area contributed by atoms with E-state index in [0.29, 0.717) is 0 Å². The molecule has 0 saturated carbocycles. The lowest BCUT2D eigenvalue weighted by atomic mass is 9.80. The van der Waals surface area contributed by atoms with Crippen molar-refractivity contribution in [2.75, 3.05) is 0 Å². The molecule has 198 valence electrons. The zero-order valence-corrected chi connectivity index (χ0v) is 23.9. The van der Waals surface area contributed by atoms with E-state index in [1.165, 1.54) is 87.6 Å². The molecule has 0 fully saturated rings. The highest BCUT2D eigenvalue weighted by Crippen LogP contribution is 2.50. The zero-order valence-electron chi connectivity index (χ0n) is 23.9. The van der Waals surface area contributed by atoms with Crippen LogP contribution in [0.15, 0.2) is 133 Å². The molecule has 0 bridgehead atoms. The third-order valence-corrected chi connectivity index (χ3v) is 9.84. The van der Waals surface area contributed by atoms with Gasteiger partial charge in [0, 0.05) is 5.41 Å². The SMILES string of the molecule is CC1(C)c2cc(Cc3ccc4ccc5cccc6ccc3c4c56)ccc2-c2ccc(-c3ccc4ccccc4c3)cc21. The predicted octanol–water partition coefficient (Wildman–Crippen LogP) is 11.3. The summed E-state index contributed by atoms with van der Waals surface area (Å²) in [7, 11) is 0. The quantitative estimate of drug-likeness (QED) is 0.198. The molecule has 0 aliphatic heterocycles. The van der Waals surface area contributed by atoms with Crippen molar-refractivity contribution in [2.24, 2.45) is 0 Å². The van der Waals surface area contributed by atoms with Crippen LogP contribution >= 0.6 is 0 Å². The van der Waals surface area contributed by atoms with Crippen LogP contribution in [0.3, 0.4) is 0 Å². The minimum Gasteiger partial charge on any atom is -0.0616 e. The summed E-state index contributed by atoms with van der Waals surface area (Å²) in [4.78, 5) is 0. The Bertz CT molecular complexity index is 2330. The first-order chi connectivity index (χ1) is 20.5. The Kier molecular flexibility index (Phi) is 4.82. The lowest BCUT2D eigenvalue weighted by Gasteiger charge is -2.23. The van der Waals surface area contributed by atoms with E-state index in [0.717, 1.165) is 6.42 Å². The standard InChI is InChI=1S/C42H30/c1-42(2)38-23-26(22-34-16-14-30-13-12-28-8-5-9-29-17-20-35(34)41(30)40(28)29)10-19-36(38)37-21-18-33(25-39(37)42)32-15-11-27-6-3-4-7-31(27)24-32/h3-21,23-25H,22H2,1-2H3. The van der Waals surface area contributed by atoms with Crippen molar-refractivity contribution in [1.29, 1.82) is 0 Å². The summed E-state index contributed by atoms with van der Waals surface area (Å²) in [5.74, 6) is 0. The second-order valence-electron chi connectivity index (χ2n) is 12.6. The van der Waals surface area contributed by atoms with Gasteiger partial charge in [-0.1, -0.05) is 135 Å². The lowest BCUT2D eigenvalue weighted by Crippen LogP contribution is -2.15. The van der Waals surface area contributed by atoms with Crippen molar-refractivity contribution in [3.63, 3.8) is 0 Å². The molecule has 0 spiro atoms. The van der Waals surface area contributed by atoms with Crippen LogP contribution in [-0.2, 0) is 11.8 Å². The minimum absolute atomic E-state index is 0.0593. The largest absolute Gasteiger partial charge is 0.0616 e. The first kappa shape index (κ1) is 23.7. The number of benzene rings is 8. The number of hydrogen-bond acceptors (Lipinski definition) is 0. The molecule has 9 rings (SSSR count). The van der Waals surface area contributed by atoms with E-state index in [-0.39, 0.29) is 5.41 Å². The molecule has 0 aromatic heterocycles. The summed E-state index contributed by atoms with van der Waals surface area (Å²) in [6.07, 6.45) is 0.927. The van der Waals surface area contributed by atoms with E-state index in [1.54, 1.807) is 0 Å². The van der Waals surface area contributed by atoms with Crippen molar-refractivity contribution in [3.8, 4) is 22.3 Å². The summed E-state index contributed by atoms with van der Waals surface area (Å²) in [6.45, 7) is 4.78. The highest BCUT2D eigenvalue weighted by Gasteiger charge is 2.35. The summed E-state index contributed by atoms with van der Waals surface area (Å²) >= 11 is 0. The van der Waals surface area contributed by atoms with Gasteiger partial charge < -0.3 is 0 Å². The molecule has 1 aliphatic rings. The predicted molar refractivity (Wildman–Crippen MR) is 180 cm³/mol. The molecule has 0 atom stereocenters. The molecule has 0 radical (unpaired) electrons. The first-order valence-corrected chi connectivity index (χ1v) is 15.0. The summed E-state index contributed by atoms with van der Waals surface area (Å²) in [5.41, 5.74) is 10.9. The van der Waals surface area contributed by atoms with Crippen LogP contribution in [-0.4, -0.2) is 0 Å². The molecule has 0 N–H and O–H groups in total. The molecule has 1 aliphatic carbocycles. The van der Waals surface area contributed by atoms with Gasteiger partial charge in [0.25, 0.3) is 0 Å². The van der Waals surface area contributed by atoms with Gasteiger partial charge in [-0.2, -0.15) is 0 Å². The molecule has 8 aromatic rings. The fourth-order valence-corrected chi connectivity index (χ4v) is 7.61. The molecule has 8 aromatic carbocycles. The van der Waals surface area contributed by atoms with Gasteiger partial charge in [-0.25, -0.2) is 0 Å². The van der Waals surface area contributed by atoms with Gasteiger partial charge in [-0.3, -0.25) is 0 Å². The van der Waals surface area contributed by atoms with Gasteiger partial charge in [0.15, 0.2) is 0 Å². The maximum atomic E-state index is 2.48. The summed E-state index contributed by atoms with van der Waals surface area (Å²) < 4.78 is 0. The second-order valence-corrected chi connectivity index (χ2v) is 12.6. The highest BCUT2D eigenvalue weighted by atomic mass is 14.4. The van der Waals surface area contributed by atoms with E-state index >= 15 is 0 Å². The van der Waals surface area contributed by atoms with Crippen molar-refractivity contribution < 1.29 is 0 Å². The molecular weight excluding hydrogens is 504 g/mol. The van der Waals surface area contributed by atoms with Crippen molar-refractivity contribution >= 4 is 43.1 Å². The van der Waals surface area contributed by atoms with Crippen LogP contribution < -0.4 is 0 Å². The van der Waals surface area contributed by atoms with E-state index < -0.39 is 0 Å². The number of fused-ring (bicyclic) bond motifs is 4. The van der Waals surface area contributed by atoms with Crippen LogP contribution in [0, 0.1) is 0 Å². The maximum absolute atomic E-state index is 2.48. The van der Waals surface area contributed by atoms with Crippen LogP contribution in [0.5, 0.6) is 0 Å². The van der Waals surface area contributed by atoms with E-state index in [4.69, 9.17) is 0 Å². The van der Waals surface area contributed by atoms with Crippen LogP contribution in [0.2, 0.25) is 0 Å². The first-order valence-electron chi connectivity index (χ1n) is 15.0. The monoisotopic (exact) mass is 534 g/mol. The van der Waals surface area contributed by atoms with Gasteiger partial charge in [-0.15, -0.1) is 0 Å². The molecule has 0 heteroatoms. The van der Waals surface area contributed by atoms with Crippen LogP contribution in [0.4, 0.5) is 0 Å². The Labute approximate surface area is 246 Å². The molecule has 0 amide bonds. The molecule has 0 heterocycles. The summed E-state index contributed by atoms with van der Waals surface area (Å²) in [6, 6.07) is 50.1. The molecule has 0 unspecified atom stereocenters. The third-order valence-electron chi connectivity index (χ3n) is 9.84. The van der Waals surface area contributed by atoms with Crippen LogP contribution in [0.1, 0.15) is 36.1 Å². The molecule has 0 saturated heterocycles. The molecular formula is C42H30. The topological polar surface area (TPSA) is 0 Å². The third kappa shape index (κ3) is 3.36. The van der Waals surface area contributed by atoms with Crippen molar-refractivity contribution in [1.82, 2.24) is 0 Å². The number of hydrogen-bond donors (Lipinski definition) is 0.